The number of halogens is 4. The van der Waals surface area contributed by atoms with Gasteiger partial charge in [0, 0.05) is 0 Å². The van der Waals surface area contributed by atoms with Gasteiger partial charge in [0.05, 0.1) is 7.11 Å². The molecule has 0 saturated heterocycles. The van der Waals surface area contributed by atoms with Crippen LogP contribution in [0.25, 0.3) is 0 Å². The highest BCUT2D eigenvalue weighted by Crippen LogP contribution is 2.29. The molecule has 0 aliphatic heterocycles. The maximum atomic E-state index is 10.6. The van der Waals surface area contributed by atoms with Crippen molar-refractivity contribution in [3.05, 3.63) is 11.1 Å². The number of hydrogen-bond acceptors (Lipinski definition) is 2. The van der Waals surface area contributed by atoms with E-state index in [2.05, 4.69) is 4.74 Å². The van der Waals surface area contributed by atoms with Gasteiger partial charge in [-0.05, 0) is 6.08 Å². The van der Waals surface area contributed by atoms with Crippen molar-refractivity contribution < 1.29 is 9.53 Å². The summed E-state index contributed by atoms with van der Waals surface area (Å²) in [6.07, 6.45) is 0.963. The van der Waals surface area contributed by atoms with Gasteiger partial charge in [-0.2, -0.15) is 0 Å². The van der Waals surface area contributed by atoms with Crippen molar-refractivity contribution in [2.75, 3.05) is 7.11 Å². The monoisotopic (exact) mass is 236 g/mol. The molecule has 2 nitrogen and oxygen atoms in total. The fourth-order valence-electron chi connectivity index (χ4n) is 0.300. The number of carbonyl (C=O) groups is 1. The van der Waals surface area contributed by atoms with Gasteiger partial charge in [-0.1, -0.05) is 46.4 Å². The van der Waals surface area contributed by atoms with Crippen molar-refractivity contribution in [1.29, 1.82) is 0 Å². The first-order valence-electron chi connectivity index (χ1n) is 2.40. The van der Waals surface area contributed by atoms with Crippen LogP contribution in [-0.2, 0) is 9.53 Å². The minimum atomic E-state index is -1.68. The number of carbonyl (C=O) groups excluding carboxylic acids is 1. The second-order valence-electron chi connectivity index (χ2n) is 1.53. The normalized spacial score (nSPS) is 13.0. The van der Waals surface area contributed by atoms with Gasteiger partial charge in [0.2, 0.25) is 3.79 Å². The van der Waals surface area contributed by atoms with Crippen LogP contribution < -0.4 is 0 Å². The largest absolute Gasteiger partial charge is 0.465 e. The molecular formula is C5H4Cl4O2. The second kappa shape index (κ2) is 4.41. The average Bonchev–Trinajstić information content (AvgIpc) is 1.82. The first-order valence-corrected chi connectivity index (χ1v) is 3.91. The number of ether oxygens (including phenoxy) is 1. The van der Waals surface area contributed by atoms with Crippen LogP contribution in [0.1, 0.15) is 0 Å². The molecule has 0 saturated carbocycles. The second-order valence-corrected chi connectivity index (χ2v) is 4.30. The summed E-state index contributed by atoms with van der Waals surface area (Å²) in [5.74, 6) is -0.738. The van der Waals surface area contributed by atoms with Gasteiger partial charge in [0.25, 0.3) is 0 Å². The van der Waals surface area contributed by atoms with Gasteiger partial charge in [0.1, 0.15) is 5.03 Å². The third-order valence-electron chi connectivity index (χ3n) is 0.671. The van der Waals surface area contributed by atoms with Crippen LogP contribution in [0.4, 0.5) is 0 Å². The summed E-state index contributed by atoms with van der Waals surface area (Å²) in [6.45, 7) is 0. The summed E-state index contributed by atoms with van der Waals surface area (Å²) < 4.78 is 2.57. The zero-order valence-electron chi connectivity index (χ0n) is 5.41. The van der Waals surface area contributed by atoms with E-state index in [1.165, 1.54) is 7.11 Å². The van der Waals surface area contributed by atoms with E-state index in [4.69, 9.17) is 46.4 Å². The van der Waals surface area contributed by atoms with E-state index in [-0.39, 0.29) is 5.03 Å². The maximum Gasteiger partial charge on any atom is 0.349 e. The Morgan fingerprint density at radius 1 is 1.45 bits per heavy atom. The van der Waals surface area contributed by atoms with E-state index in [9.17, 15) is 4.79 Å². The lowest BCUT2D eigenvalue weighted by molar-refractivity contribution is -0.135. The highest BCUT2D eigenvalue weighted by molar-refractivity contribution is 6.69. The van der Waals surface area contributed by atoms with E-state index in [0.29, 0.717) is 0 Å². The van der Waals surface area contributed by atoms with Crippen molar-refractivity contribution in [2.45, 2.75) is 3.79 Å². The van der Waals surface area contributed by atoms with Gasteiger partial charge < -0.3 is 4.74 Å². The summed E-state index contributed by atoms with van der Waals surface area (Å²) in [5, 5.41) is -0.257. The molecular weight excluding hydrogens is 234 g/mol. The van der Waals surface area contributed by atoms with Crippen molar-refractivity contribution in [2.24, 2.45) is 0 Å². The Kier molecular flexibility index (Phi) is 4.56. The Balaban J connectivity index is 4.34. The first kappa shape index (κ1) is 11.4. The number of alkyl halides is 3. The molecule has 0 spiro atoms. The average molecular weight is 238 g/mol. The van der Waals surface area contributed by atoms with Crippen LogP contribution >= 0.6 is 46.4 Å². The molecule has 6 heteroatoms. The third-order valence-corrected chi connectivity index (χ3v) is 1.26. The van der Waals surface area contributed by atoms with E-state index >= 15 is 0 Å². The molecule has 0 radical (unpaired) electrons. The van der Waals surface area contributed by atoms with Gasteiger partial charge in [-0.3, -0.25) is 0 Å². The smallest absolute Gasteiger partial charge is 0.349 e. The minimum Gasteiger partial charge on any atom is -0.465 e. The summed E-state index contributed by atoms with van der Waals surface area (Å²) in [7, 11) is 1.18. The predicted molar refractivity (Wildman–Crippen MR) is 46.2 cm³/mol. The molecule has 0 fully saturated rings. The molecule has 0 amide bonds. The fraction of sp³-hybridized carbons (Fsp3) is 0.400. The molecule has 0 unspecified atom stereocenters. The Bertz CT molecular complexity index is 181. The first-order chi connectivity index (χ1) is 4.87. The molecule has 11 heavy (non-hydrogen) atoms. The highest BCUT2D eigenvalue weighted by Gasteiger charge is 2.19. The topological polar surface area (TPSA) is 26.3 Å². The molecule has 0 aliphatic carbocycles. The standard InChI is InChI=1S/C5H4Cl4O2/c1-11-4(10)3(6)2-5(7,8)9/h2H,1H3/b3-2-. The Morgan fingerprint density at radius 3 is 2.18 bits per heavy atom. The molecule has 64 valence electrons. The summed E-state index contributed by atoms with van der Waals surface area (Å²) in [5.41, 5.74) is 0. The molecule has 0 aromatic rings. The highest BCUT2D eigenvalue weighted by atomic mass is 35.6. The quantitative estimate of drug-likeness (QED) is 0.398. The Hall–Kier alpha value is 0.370. The molecule has 0 aromatic heterocycles. The van der Waals surface area contributed by atoms with Crippen molar-refractivity contribution >= 4 is 52.4 Å². The zero-order chi connectivity index (χ0) is 9.07. The van der Waals surface area contributed by atoms with Gasteiger partial charge in [-0.25, -0.2) is 4.79 Å². The van der Waals surface area contributed by atoms with Crippen molar-refractivity contribution in [3.63, 3.8) is 0 Å². The maximum absolute atomic E-state index is 10.6. The van der Waals surface area contributed by atoms with Gasteiger partial charge in [0.15, 0.2) is 0 Å². The summed E-state index contributed by atoms with van der Waals surface area (Å²) in [6, 6.07) is 0. The number of allylic oxidation sites excluding steroid dienone is 1. The zero-order valence-corrected chi connectivity index (χ0v) is 8.43. The van der Waals surface area contributed by atoms with Crippen LogP contribution in [0.2, 0.25) is 0 Å². The van der Waals surface area contributed by atoms with E-state index < -0.39 is 9.76 Å². The van der Waals surface area contributed by atoms with Crippen LogP contribution in [0.3, 0.4) is 0 Å². The molecule has 0 rings (SSSR count). The van der Waals surface area contributed by atoms with Crippen LogP contribution in [0.15, 0.2) is 11.1 Å². The SMILES string of the molecule is COC(=O)/C(Cl)=C/C(Cl)(Cl)Cl. The number of esters is 1. The lowest BCUT2D eigenvalue weighted by atomic mass is 10.5. The Labute approximate surface area is 84.0 Å². The van der Waals surface area contributed by atoms with Crippen molar-refractivity contribution in [3.8, 4) is 0 Å². The Morgan fingerprint density at radius 2 is 1.91 bits per heavy atom. The van der Waals surface area contributed by atoms with Gasteiger partial charge >= 0.3 is 5.97 Å². The number of methoxy groups -OCH3 is 1. The van der Waals surface area contributed by atoms with E-state index in [1.807, 2.05) is 0 Å². The molecule has 0 aromatic carbocycles. The summed E-state index contributed by atoms with van der Waals surface area (Å²) in [4.78, 5) is 10.6. The van der Waals surface area contributed by atoms with Crippen molar-refractivity contribution in [1.82, 2.24) is 0 Å². The fourth-order valence-corrected chi connectivity index (χ4v) is 1.04. The lowest BCUT2D eigenvalue weighted by Gasteiger charge is -2.03. The van der Waals surface area contributed by atoms with Crippen LogP contribution in [-0.4, -0.2) is 16.9 Å². The third kappa shape index (κ3) is 5.62. The number of hydrogen-bond donors (Lipinski definition) is 0. The van der Waals surface area contributed by atoms with E-state index in [0.717, 1.165) is 6.08 Å². The predicted octanol–water partition coefficient (Wildman–Crippen LogP) is 2.65. The molecule has 0 heterocycles. The van der Waals surface area contributed by atoms with Crippen LogP contribution in [0, 0.1) is 0 Å². The lowest BCUT2D eigenvalue weighted by Crippen LogP contribution is -2.04. The van der Waals surface area contributed by atoms with E-state index in [1.54, 1.807) is 0 Å². The number of rotatable bonds is 1. The molecule has 0 aliphatic rings. The molecule has 0 atom stereocenters. The van der Waals surface area contributed by atoms with Crippen LogP contribution in [0.5, 0.6) is 0 Å². The minimum absolute atomic E-state index is 0.257. The molecule has 0 N–H and O–H groups in total. The molecule has 0 bridgehead atoms. The summed E-state index contributed by atoms with van der Waals surface area (Å²) >= 11 is 21.2. The van der Waals surface area contributed by atoms with Gasteiger partial charge in [-0.15, -0.1) is 0 Å².